The third-order valence-electron chi connectivity index (χ3n) is 2.64. The highest BCUT2D eigenvalue weighted by atomic mass is 16.5. The number of carboxylic acids is 1. The fourth-order valence-electron chi connectivity index (χ4n) is 2.14. The molecule has 0 amide bonds. The van der Waals surface area contributed by atoms with Crippen molar-refractivity contribution in [3.05, 3.63) is 0 Å². The summed E-state index contributed by atoms with van der Waals surface area (Å²) in [5.41, 5.74) is -0.972. The number of ether oxygens (including phenoxy) is 2. The predicted octanol–water partition coefficient (Wildman–Crippen LogP) is 1.66. The van der Waals surface area contributed by atoms with Gasteiger partial charge in [0.2, 0.25) is 0 Å². The Morgan fingerprint density at radius 2 is 1.83 bits per heavy atom. The van der Waals surface area contributed by atoms with Gasteiger partial charge in [0.25, 0.3) is 0 Å². The van der Waals surface area contributed by atoms with Gasteiger partial charge in [0, 0.05) is 19.6 Å². The topological polar surface area (TPSA) is 67.8 Å². The maximum atomic E-state index is 11.4. The molecule has 0 aliphatic heterocycles. The van der Waals surface area contributed by atoms with Crippen molar-refractivity contribution in [1.82, 2.24) is 5.32 Å². The second kappa shape index (κ2) is 7.71. The molecular weight excluding hydrogens is 234 g/mol. The van der Waals surface area contributed by atoms with E-state index >= 15 is 0 Å². The summed E-state index contributed by atoms with van der Waals surface area (Å²) in [5, 5.41) is 12.4. The van der Waals surface area contributed by atoms with Crippen molar-refractivity contribution in [2.45, 2.75) is 64.8 Å². The molecule has 3 unspecified atom stereocenters. The fourth-order valence-corrected chi connectivity index (χ4v) is 2.14. The van der Waals surface area contributed by atoms with Crippen LogP contribution in [0.1, 0.15) is 41.0 Å². The summed E-state index contributed by atoms with van der Waals surface area (Å²) >= 11 is 0. The number of nitrogens with one attached hydrogen (secondary N) is 1. The van der Waals surface area contributed by atoms with E-state index in [4.69, 9.17) is 9.47 Å². The van der Waals surface area contributed by atoms with Gasteiger partial charge in [-0.1, -0.05) is 0 Å². The van der Waals surface area contributed by atoms with Gasteiger partial charge in [-0.3, -0.25) is 10.1 Å². The highest BCUT2D eigenvalue weighted by molar-refractivity contribution is 5.78. The van der Waals surface area contributed by atoms with E-state index < -0.39 is 11.5 Å². The van der Waals surface area contributed by atoms with Crippen LogP contribution < -0.4 is 5.32 Å². The second-order valence-electron chi connectivity index (χ2n) is 5.35. The first-order valence-electron chi connectivity index (χ1n) is 6.36. The van der Waals surface area contributed by atoms with Crippen LogP contribution in [0.2, 0.25) is 0 Å². The van der Waals surface area contributed by atoms with Crippen LogP contribution in [0.3, 0.4) is 0 Å². The quantitative estimate of drug-likeness (QED) is 0.660. The number of aliphatic carboxylic acids is 1. The van der Waals surface area contributed by atoms with Gasteiger partial charge in [-0.2, -0.15) is 0 Å². The van der Waals surface area contributed by atoms with Crippen molar-refractivity contribution in [3.8, 4) is 0 Å². The third kappa shape index (κ3) is 6.33. The summed E-state index contributed by atoms with van der Waals surface area (Å²) in [5.74, 6) is -0.856. The van der Waals surface area contributed by atoms with Crippen LogP contribution in [0.15, 0.2) is 0 Å². The van der Waals surface area contributed by atoms with Crippen LogP contribution in [-0.4, -0.2) is 48.6 Å². The van der Waals surface area contributed by atoms with Gasteiger partial charge >= 0.3 is 5.97 Å². The van der Waals surface area contributed by atoms with Crippen molar-refractivity contribution < 1.29 is 19.4 Å². The molecule has 0 aromatic heterocycles. The molecule has 0 aromatic carbocycles. The van der Waals surface area contributed by atoms with Gasteiger partial charge in [-0.15, -0.1) is 0 Å². The highest BCUT2D eigenvalue weighted by Crippen LogP contribution is 2.17. The number of hydrogen-bond donors (Lipinski definition) is 2. The molecule has 0 aliphatic carbocycles. The lowest BCUT2D eigenvalue weighted by Gasteiger charge is -2.32. The lowest BCUT2D eigenvalue weighted by atomic mass is 9.94. The van der Waals surface area contributed by atoms with E-state index in [1.54, 1.807) is 14.0 Å². The molecule has 0 fully saturated rings. The summed E-state index contributed by atoms with van der Waals surface area (Å²) in [6.45, 7) is 9.85. The minimum absolute atomic E-state index is 0.0397. The number of rotatable bonds is 9. The Kier molecular flexibility index (Phi) is 7.43. The van der Waals surface area contributed by atoms with E-state index in [2.05, 4.69) is 5.32 Å². The summed E-state index contributed by atoms with van der Waals surface area (Å²) in [7, 11) is 1.62. The van der Waals surface area contributed by atoms with E-state index in [1.807, 2.05) is 27.7 Å². The second-order valence-corrected chi connectivity index (χ2v) is 5.35. The summed E-state index contributed by atoms with van der Waals surface area (Å²) in [6, 6.07) is 0.106. The maximum Gasteiger partial charge on any atom is 0.323 e. The molecule has 2 N–H and O–H groups in total. The van der Waals surface area contributed by atoms with Crippen LogP contribution in [0.5, 0.6) is 0 Å². The van der Waals surface area contributed by atoms with Crippen molar-refractivity contribution in [2.75, 3.05) is 13.7 Å². The number of carboxylic acid groups (broad SMARTS) is 1. The first-order chi connectivity index (χ1) is 8.21. The molecular formula is C13H27NO4. The normalized spacial score (nSPS) is 18.4. The highest BCUT2D eigenvalue weighted by Gasteiger charge is 2.35. The zero-order valence-electron chi connectivity index (χ0n) is 12.3. The zero-order valence-corrected chi connectivity index (χ0v) is 12.3. The molecule has 0 rings (SSSR count). The lowest BCUT2D eigenvalue weighted by Crippen LogP contribution is -2.54. The monoisotopic (exact) mass is 261 g/mol. The molecule has 0 bridgehead atoms. The molecule has 0 spiro atoms. The van der Waals surface area contributed by atoms with Crippen LogP contribution in [-0.2, 0) is 14.3 Å². The fraction of sp³-hybridized carbons (Fsp3) is 0.923. The van der Waals surface area contributed by atoms with Crippen molar-refractivity contribution in [2.24, 2.45) is 0 Å². The minimum Gasteiger partial charge on any atom is -0.480 e. The molecule has 5 nitrogen and oxygen atoms in total. The Bertz CT molecular complexity index is 257. The Hall–Kier alpha value is -0.650. The molecule has 0 aromatic rings. The van der Waals surface area contributed by atoms with Crippen molar-refractivity contribution >= 4 is 5.97 Å². The Morgan fingerprint density at radius 1 is 1.28 bits per heavy atom. The van der Waals surface area contributed by atoms with Gasteiger partial charge in [0.15, 0.2) is 0 Å². The van der Waals surface area contributed by atoms with Crippen molar-refractivity contribution in [1.29, 1.82) is 0 Å². The van der Waals surface area contributed by atoms with Crippen LogP contribution >= 0.6 is 0 Å². The summed E-state index contributed by atoms with van der Waals surface area (Å²) in [6.07, 6.45) is 0.221. The molecule has 0 saturated carbocycles. The molecule has 0 saturated heterocycles. The van der Waals surface area contributed by atoms with E-state index in [-0.39, 0.29) is 18.2 Å². The van der Waals surface area contributed by atoms with E-state index in [0.29, 0.717) is 13.0 Å². The number of hydrogen-bond acceptors (Lipinski definition) is 4. The molecule has 5 heteroatoms. The Balaban J connectivity index is 4.45. The first-order valence-corrected chi connectivity index (χ1v) is 6.36. The van der Waals surface area contributed by atoms with E-state index in [1.165, 1.54) is 0 Å². The largest absolute Gasteiger partial charge is 0.480 e. The molecule has 108 valence electrons. The molecule has 0 heterocycles. The third-order valence-corrected chi connectivity index (χ3v) is 2.64. The van der Waals surface area contributed by atoms with Crippen LogP contribution in [0.4, 0.5) is 0 Å². The Morgan fingerprint density at radius 3 is 2.22 bits per heavy atom. The van der Waals surface area contributed by atoms with E-state index in [9.17, 15) is 9.90 Å². The first kappa shape index (κ1) is 17.4. The standard InChI is InChI=1S/C13H27NO4/c1-9(2)14-13(5,12(15)16)7-10(3)18-11(4)8-17-6/h9-11,14H,7-8H2,1-6H3,(H,15,16). The SMILES string of the molecule is COCC(C)OC(C)CC(C)(NC(C)C)C(=O)O. The van der Waals surface area contributed by atoms with Crippen LogP contribution in [0, 0.1) is 0 Å². The Labute approximate surface area is 110 Å². The molecule has 0 radical (unpaired) electrons. The maximum absolute atomic E-state index is 11.4. The smallest absolute Gasteiger partial charge is 0.323 e. The van der Waals surface area contributed by atoms with Gasteiger partial charge < -0.3 is 14.6 Å². The predicted molar refractivity (Wildman–Crippen MR) is 70.8 cm³/mol. The van der Waals surface area contributed by atoms with E-state index in [0.717, 1.165) is 0 Å². The van der Waals surface area contributed by atoms with Crippen molar-refractivity contribution in [3.63, 3.8) is 0 Å². The van der Waals surface area contributed by atoms with Crippen LogP contribution in [0.25, 0.3) is 0 Å². The van der Waals surface area contributed by atoms with Gasteiger partial charge in [0.1, 0.15) is 5.54 Å². The molecule has 3 atom stereocenters. The zero-order chi connectivity index (χ0) is 14.3. The molecule has 0 aliphatic rings. The average molecular weight is 261 g/mol. The summed E-state index contributed by atoms with van der Waals surface area (Å²) in [4.78, 5) is 11.4. The molecule has 18 heavy (non-hydrogen) atoms. The average Bonchev–Trinajstić information content (AvgIpc) is 2.15. The van der Waals surface area contributed by atoms with Gasteiger partial charge in [-0.25, -0.2) is 0 Å². The lowest BCUT2D eigenvalue weighted by molar-refractivity contribution is -0.147. The number of carbonyl (C=O) groups is 1. The summed E-state index contributed by atoms with van der Waals surface area (Å²) < 4.78 is 10.7. The van der Waals surface area contributed by atoms with Gasteiger partial charge in [0.05, 0.1) is 18.8 Å². The number of methoxy groups -OCH3 is 1. The minimum atomic E-state index is -0.972. The van der Waals surface area contributed by atoms with Gasteiger partial charge in [-0.05, 0) is 34.6 Å².